The first kappa shape index (κ1) is 12.6. The first-order chi connectivity index (χ1) is 7.36. The number of carbonyl (C=O) groups is 3. The highest BCUT2D eigenvalue weighted by Crippen LogP contribution is 2.14. The van der Waals surface area contributed by atoms with Gasteiger partial charge in [0.15, 0.2) is 0 Å². The Bertz CT molecular complexity index is 325. The SMILES string of the molecule is CNC(=O)C(C)(C)CNC1CC(=O)NC1=O. The Kier molecular flexibility index (Phi) is 3.64. The lowest BCUT2D eigenvalue weighted by Crippen LogP contribution is -2.46. The zero-order valence-corrected chi connectivity index (χ0v) is 9.72. The van der Waals surface area contributed by atoms with Crippen LogP contribution < -0.4 is 16.0 Å². The van der Waals surface area contributed by atoms with E-state index in [1.54, 1.807) is 20.9 Å². The molecule has 1 aliphatic heterocycles. The molecule has 0 aromatic heterocycles. The van der Waals surface area contributed by atoms with Crippen LogP contribution in [0.5, 0.6) is 0 Å². The Hall–Kier alpha value is -1.43. The normalized spacial score (nSPS) is 20.8. The zero-order chi connectivity index (χ0) is 12.3. The highest BCUT2D eigenvalue weighted by atomic mass is 16.2. The van der Waals surface area contributed by atoms with Crippen LogP contribution in [0.25, 0.3) is 0 Å². The maximum Gasteiger partial charge on any atom is 0.244 e. The predicted octanol–water partition coefficient (Wildman–Crippen LogP) is -1.24. The molecule has 0 bridgehead atoms. The van der Waals surface area contributed by atoms with Gasteiger partial charge in [0, 0.05) is 13.6 Å². The number of amides is 3. The highest BCUT2D eigenvalue weighted by Gasteiger charge is 2.33. The third kappa shape index (κ3) is 2.79. The Morgan fingerprint density at radius 1 is 1.50 bits per heavy atom. The van der Waals surface area contributed by atoms with Gasteiger partial charge in [-0.25, -0.2) is 0 Å². The Morgan fingerprint density at radius 2 is 2.12 bits per heavy atom. The van der Waals surface area contributed by atoms with Crippen molar-refractivity contribution in [3.05, 3.63) is 0 Å². The van der Waals surface area contributed by atoms with Crippen LogP contribution in [-0.4, -0.2) is 37.4 Å². The van der Waals surface area contributed by atoms with Crippen molar-refractivity contribution in [2.24, 2.45) is 5.41 Å². The van der Waals surface area contributed by atoms with Crippen LogP contribution in [0, 0.1) is 5.41 Å². The van der Waals surface area contributed by atoms with Crippen molar-refractivity contribution >= 4 is 17.7 Å². The molecule has 0 saturated carbocycles. The molecule has 1 aliphatic rings. The lowest BCUT2D eigenvalue weighted by molar-refractivity contribution is -0.129. The smallest absolute Gasteiger partial charge is 0.244 e. The van der Waals surface area contributed by atoms with E-state index >= 15 is 0 Å². The van der Waals surface area contributed by atoms with Gasteiger partial charge in [-0.05, 0) is 13.8 Å². The Morgan fingerprint density at radius 3 is 2.56 bits per heavy atom. The van der Waals surface area contributed by atoms with Crippen molar-refractivity contribution in [2.45, 2.75) is 26.3 Å². The molecular formula is C10H17N3O3. The van der Waals surface area contributed by atoms with Crippen LogP contribution in [0.3, 0.4) is 0 Å². The van der Waals surface area contributed by atoms with Crippen LogP contribution in [0.4, 0.5) is 0 Å². The molecule has 3 N–H and O–H groups in total. The largest absolute Gasteiger partial charge is 0.359 e. The minimum Gasteiger partial charge on any atom is -0.359 e. The molecule has 1 unspecified atom stereocenters. The minimum atomic E-state index is -0.610. The van der Waals surface area contributed by atoms with Gasteiger partial charge in [-0.3, -0.25) is 19.7 Å². The van der Waals surface area contributed by atoms with Crippen molar-refractivity contribution < 1.29 is 14.4 Å². The number of nitrogens with one attached hydrogen (secondary N) is 3. The van der Waals surface area contributed by atoms with Crippen LogP contribution in [0.15, 0.2) is 0 Å². The zero-order valence-electron chi connectivity index (χ0n) is 9.72. The number of hydrogen-bond donors (Lipinski definition) is 3. The minimum absolute atomic E-state index is 0.107. The second-order valence-electron chi connectivity index (χ2n) is 4.51. The van der Waals surface area contributed by atoms with E-state index in [9.17, 15) is 14.4 Å². The van der Waals surface area contributed by atoms with Gasteiger partial charge in [0.25, 0.3) is 0 Å². The lowest BCUT2D eigenvalue weighted by atomic mass is 9.92. The second kappa shape index (κ2) is 4.61. The fraction of sp³-hybridized carbons (Fsp3) is 0.700. The summed E-state index contributed by atoms with van der Waals surface area (Å²) < 4.78 is 0. The van der Waals surface area contributed by atoms with E-state index in [0.29, 0.717) is 6.54 Å². The third-order valence-electron chi connectivity index (χ3n) is 2.60. The molecule has 1 heterocycles. The van der Waals surface area contributed by atoms with Gasteiger partial charge in [-0.2, -0.15) is 0 Å². The van der Waals surface area contributed by atoms with Gasteiger partial charge in [0.2, 0.25) is 17.7 Å². The summed E-state index contributed by atoms with van der Waals surface area (Å²) in [7, 11) is 1.57. The maximum atomic E-state index is 11.5. The summed E-state index contributed by atoms with van der Waals surface area (Å²) in [5, 5.41) is 7.68. The van der Waals surface area contributed by atoms with Crippen LogP contribution >= 0.6 is 0 Å². The van der Waals surface area contributed by atoms with Crippen molar-refractivity contribution in [3.8, 4) is 0 Å². The van der Waals surface area contributed by atoms with E-state index in [4.69, 9.17) is 0 Å². The van der Waals surface area contributed by atoms with Crippen LogP contribution in [0.2, 0.25) is 0 Å². The fourth-order valence-corrected chi connectivity index (χ4v) is 1.52. The monoisotopic (exact) mass is 227 g/mol. The summed E-state index contributed by atoms with van der Waals surface area (Å²) in [6.45, 7) is 3.89. The molecule has 1 saturated heterocycles. The molecule has 6 nitrogen and oxygen atoms in total. The van der Waals surface area contributed by atoms with Gasteiger partial charge in [0.05, 0.1) is 17.9 Å². The van der Waals surface area contributed by atoms with Crippen LogP contribution in [0.1, 0.15) is 20.3 Å². The van der Waals surface area contributed by atoms with E-state index in [1.807, 2.05) is 0 Å². The molecule has 3 amide bonds. The lowest BCUT2D eigenvalue weighted by Gasteiger charge is -2.24. The summed E-state index contributed by atoms with van der Waals surface area (Å²) in [6, 6.07) is -0.517. The summed E-state index contributed by atoms with van der Waals surface area (Å²) >= 11 is 0. The topological polar surface area (TPSA) is 87.3 Å². The van der Waals surface area contributed by atoms with E-state index in [-0.39, 0.29) is 24.1 Å². The highest BCUT2D eigenvalue weighted by molar-refractivity contribution is 6.05. The number of hydrogen-bond acceptors (Lipinski definition) is 4. The first-order valence-electron chi connectivity index (χ1n) is 5.16. The average Bonchev–Trinajstić information content (AvgIpc) is 2.53. The summed E-state index contributed by atoms with van der Waals surface area (Å²) in [4.78, 5) is 33.6. The van der Waals surface area contributed by atoms with Crippen LogP contribution in [-0.2, 0) is 14.4 Å². The summed E-state index contributed by atoms with van der Waals surface area (Å²) in [6.07, 6.45) is 0.142. The Labute approximate surface area is 94.2 Å². The first-order valence-corrected chi connectivity index (χ1v) is 5.16. The molecule has 1 fully saturated rings. The number of imide groups is 1. The summed E-state index contributed by atoms with van der Waals surface area (Å²) in [5.41, 5.74) is -0.610. The molecule has 0 aromatic rings. The van der Waals surface area contributed by atoms with Gasteiger partial charge in [-0.15, -0.1) is 0 Å². The maximum absolute atomic E-state index is 11.5. The fourth-order valence-electron chi connectivity index (χ4n) is 1.52. The van der Waals surface area contributed by atoms with Crippen molar-refractivity contribution in [1.82, 2.24) is 16.0 Å². The van der Waals surface area contributed by atoms with Crippen molar-refractivity contribution in [2.75, 3.05) is 13.6 Å². The van der Waals surface area contributed by atoms with Crippen molar-refractivity contribution in [3.63, 3.8) is 0 Å². The second-order valence-corrected chi connectivity index (χ2v) is 4.51. The van der Waals surface area contributed by atoms with Gasteiger partial charge in [0.1, 0.15) is 0 Å². The Balaban J connectivity index is 2.48. The van der Waals surface area contributed by atoms with E-state index < -0.39 is 11.5 Å². The molecule has 0 aliphatic carbocycles. The molecular weight excluding hydrogens is 210 g/mol. The molecule has 0 radical (unpaired) electrons. The summed E-state index contributed by atoms with van der Waals surface area (Å²) in [5.74, 6) is -0.706. The van der Waals surface area contributed by atoms with Crippen molar-refractivity contribution in [1.29, 1.82) is 0 Å². The van der Waals surface area contributed by atoms with Gasteiger partial charge in [-0.1, -0.05) is 0 Å². The molecule has 16 heavy (non-hydrogen) atoms. The molecule has 90 valence electrons. The molecule has 6 heteroatoms. The standard InChI is InChI=1S/C10H17N3O3/c1-10(2,9(16)11-3)5-12-6-4-7(14)13-8(6)15/h6,12H,4-5H2,1-3H3,(H,11,16)(H,13,14,15). The number of carbonyl (C=O) groups excluding carboxylic acids is 3. The van der Waals surface area contributed by atoms with E-state index in [0.717, 1.165) is 0 Å². The number of rotatable bonds is 4. The molecule has 1 atom stereocenters. The average molecular weight is 227 g/mol. The molecule has 1 rings (SSSR count). The molecule has 0 spiro atoms. The van der Waals surface area contributed by atoms with E-state index in [1.165, 1.54) is 0 Å². The van der Waals surface area contributed by atoms with Gasteiger partial charge >= 0.3 is 0 Å². The molecule has 0 aromatic carbocycles. The van der Waals surface area contributed by atoms with Gasteiger partial charge < -0.3 is 10.6 Å². The predicted molar refractivity (Wildman–Crippen MR) is 57.4 cm³/mol. The quantitative estimate of drug-likeness (QED) is 0.524. The van der Waals surface area contributed by atoms with E-state index in [2.05, 4.69) is 16.0 Å². The third-order valence-corrected chi connectivity index (χ3v) is 2.60.